The number of hydrogen-bond acceptors (Lipinski definition) is 2. The average molecular weight is 210 g/mol. The first kappa shape index (κ1) is 9.09. The Labute approximate surface area is 93.0 Å². The number of nitrogens with zero attached hydrogens (tertiary/aromatic N) is 1. The summed E-state index contributed by atoms with van der Waals surface area (Å²) in [6, 6.07) is 5.53. The summed E-state index contributed by atoms with van der Waals surface area (Å²) in [4.78, 5) is 15.4. The number of fused-ring (bicyclic) bond motifs is 4. The van der Waals surface area contributed by atoms with Crippen LogP contribution in [0.3, 0.4) is 0 Å². The van der Waals surface area contributed by atoms with E-state index in [0.717, 1.165) is 23.2 Å². The van der Waals surface area contributed by atoms with Gasteiger partial charge in [0.25, 0.3) is 0 Å². The van der Waals surface area contributed by atoms with Crippen molar-refractivity contribution >= 4 is 23.8 Å². The molecular weight excluding hydrogens is 200 g/mol. The van der Waals surface area contributed by atoms with Gasteiger partial charge in [0.1, 0.15) is 0 Å². The number of allylic oxidation sites excluding steroid dienone is 2. The van der Waals surface area contributed by atoms with Crippen LogP contribution in [0.15, 0.2) is 35.0 Å². The van der Waals surface area contributed by atoms with Gasteiger partial charge in [-0.25, -0.2) is 0 Å². The van der Waals surface area contributed by atoms with E-state index in [0.29, 0.717) is 5.56 Å². The van der Waals surface area contributed by atoms with Crippen molar-refractivity contribution in [1.29, 1.82) is 0 Å². The van der Waals surface area contributed by atoms with Crippen molar-refractivity contribution < 1.29 is 4.79 Å². The maximum Gasteiger partial charge on any atom is 0.248 e. The van der Waals surface area contributed by atoms with Crippen molar-refractivity contribution in [3.8, 4) is 0 Å². The van der Waals surface area contributed by atoms with E-state index >= 15 is 0 Å². The van der Waals surface area contributed by atoms with Gasteiger partial charge < -0.3 is 5.73 Å². The number of dihydropyridines is 1. The summed E-state index contributed by atoms with van der Waals surface area (Å²) in [5.41, 5.74) is 10.3. The van der Waals surface area contributed by atoms with Crippen molar-refractivity contribution in [1.82, 2.24) is 0 Å². The standard InChI is InChI=1S/C13H10N2O/c14-13(16)10-2-1-8-5-11-6-9(3-4-15-11)12(8)7-10/h1-5,7H,6H2,(H2,14,16). The maximum atomic E-state index is 11.1. The summed E-state index contributed by atoms with van der Waals surface area (Å²) in [7, 11) is 0. The lowest BCUT2D eigenvalue weighted by Crippen LogP contribution is -2.12. The molecule has 0 saturated heterocycles. The molecule has 0 atom stereocenters. The van der Waals surface area contributed by atoms with Gasteiger partial charge in [0.15, 0.2) is 0 Å². The van der Waals surface area contributed by atoms with Crippen molar-refractivity contribution in [3.63, 3.8) is 0 Å². The minimum Gasteiger partial charge on any atom is -0.366 e. The Morgan fingerprint density at radius 2 is 2.25 bits per heavy atom. The fourth-order valence-electron chi connectivity index (χ4n) is 2.09. The molecule has 1 aliphatic heterocycles. The van der Waals surface area contributed by atoms with Gasteiger partial charge in [0.2, 0.25) is 5.91 Å². The molecule has 16 heavy (non-hydrogen) atoms. The number of carbonyl (C=O) groups is 1. The number of aliphatic imine (C=N–C) groups is 1. The third kappa shape index (κ3) is 1.29. The summed E-state index contributed by atoms with van der Waals surface area (Å²) in [6.45, 7) is 0. The Morgan fingerprint density at radius 1 is 1.38 bits per heavy atom. The molecule has 1 heterocycles. The van der Waals surface area contributed by atoms with Gasteiger partial charge in [-0.1, -0.05) is 6.07 Å². The van der Waals surface area contributed by atoms with Crippen LogP contribution in [0.2, 0.25) is 0 Å². The van der Waals surface area contributed by atoms with Crippen LogP contribution in [0.25, 0.3) is 11.6 Å². The molecule has 2 bridgehead atoms. The molecule has 3 heteroatoms. The largest absolute Gasteiger partial charge is 0.366 e. The molecule has 2 aliphatic rings. The number of amides is 1. The lowest BCUT2D eigenvalue weighted by atomic mass is 9.88. The highest BCUT2D eigenvalue weighted by atomic mass is 16.1. The highest BCUT2D eigenvalue weighted by Gasteiger charge is 2.17. The number of benzene rings is 1. The van der Waals surface area contributed by atoms with Gasteiger partial charge in [-0.15, -0.1) is 0 Å². The quantitative estimate of drug-likeness (QED) is 0.757. The summed E-state index contributed by atoms with van der Waals surface area (Å²) in [6.07, 6.45) is 6.67. The Kier molecular flexibility index (Phi) is 1.80. The summed E-state index contributed by atoms with van der Waals surface area (Å²) in [5.74, 6) is -0.386. The zero-order chi connectivity index (χ0) is 11.1. The second-order valence-electron chi connectivity index (χ2n) is 3.95. The molecule has 2 N–H and O–H groups in total. The van der Waals surface area contributed by atoms with E-state index in [1.54, 1.807) is 12.3 Å². The van der Waals surface area contributed by atoms with Gasteiger partial charge >= 0.3 is 0 Å². The molecule has 1 aliphatic carbocycles. The molecule has 0 fully saturated rings. The van der Waals surface area contributed by atoms with E-state index in [2.05, 4.69) is 4.99 Å². The summed E-state index contributed by atoms with van der Waals surface area (Å²) in [5, 5.41) is 0. The number of hydrogen-bond donors (Lipinski definition) is 1. The van der Waals surface area contributed by atoms with Crippen LogP contribution in [-0.2, 0) is 0 Å². The zero-order valence-electron chi connectivity index (χ0n) is 8.60. The van der Waals surface area contributed by atoms with Crippen molar-refractivity contribution in [2.45, 2.75) is 6.42 Å². The van der Waals surface area contributed by atoms with E-state index in [1.807, 2.05) is 24.3 Å². The summed E-state index contributed by atoms with van der Waals surface area (Å²) >= 11 is 0. The van der Waals surface area contributed by atoms with Crippen LogP contribution in [0.1, 0.15) is 27.9 Å². The van der Waals surface area contributed by atoms with E-state index < -0.39 is 0 Å². The first-order valence-electron chi connectivity index (χ1n) is 5.12. The smallest absolute Gasteiger partial charge is 0.248 e. The van der Waals surface area contributed by atoms with Gasteiger partial charge in [0, 0.05) is 23.9 Å². The molecule has 78 valence electrons. The van der Waals surface area contributed by atoms with E-state index in [4.69, 9.17) is 5.73 Å². The third-order valence-electron chi connectivity index (χ3n) is 2.89. The fraction of sp³-hybridized carbons (Fsp3) is 0.0769. The number of nitrogens with two attached hydrogens (primary N) is 1. The molecular formula is C13H10N2O. The highest BCUT2D eigenvalue weighted by Crippen LogP contribution is 2.35. The second-order valence-corrected chi connectivity index (χ2v) is 3.95. The molecule has 0 saturated carbocycles. The Hall–Kier alpha value is -2.16. The van der Waals surface area contributed by atoms with Crippen molar-refractivity contribution in [3.05, 3.63) is 46.7 Å². The average Bonchev–Trinajstić information content (AvgIpc) is 2.29. The normalized spacial score (nSPS) is 16.2. The maximum absolute atomic E-state index is 11.1. The topological polar surface area (TPSA) is 55.5 Å². The van der Waals surface area contributed by atoms with Gasteiger partial charge in [-0.05, 0) is 41.0 Å². The Bertz CT molecular complexity index is 580. The molecule has 1 aromatic carbocycles. The van der Waals surface area contributed by atoms with E-state index in [-0.39, 0.29) is 5.91 Å². The Morgan fingerprint density at radius 3 is 3.06 bits per heavy atom. The predicted molar refractivity (Wildman–Crippen MR) is 64.0 cm³/mol. The third-order valence-corrected chi connectivity index (χ3v) is 2.89. The van der Waals surface area contributed by atoms with E-state index in [9.17, 15) is 4.79 Å². The van der Waals surface area contributed by atoms with Crippen molar-refractivity contribution in [2.24, 2.45) is 10.7 Å². The lowest BCUT2D eigenvalue weighted by molar-refractivity contribution is 0.100. The van der Waals surface area contributed by atoms with Crippen LogP contribution in [0.4, 0.5) is 0 Å². The van der Waals surface area contributed by atoms with Crippen LogP contribution < -0.4 is 5.73 Å². The number of rotatable bonds is 1. The molecule has 0 unspecified atom stereocenters. The number of carbonyl (C=O) groups excluding carboxylic acids is 1. The van der Waals surface area contributed by atoms with Gasteiger partial charge in [-0.2, -0.15) is 0 Å². The predicted octanol–water partition coefficient (Wildman–Crippen LogP) is 2.00. The number of primary amides is 1. The molecule has 0 radical (unpaired) electrons. The molecule has 1 aromatic rings. The Balaban J connectivity index is 2.22. The molecule has 1 amide bonds. The van der Waals surface area contributed by atoms with Gasteiger partial charge in [0.05, 0.1) is 0 Å². The summed E-state index contributed by atoms with van der Waals surface area (Å²) < 4.78 is 0. The van der Waals surface area contributed by atoms with Crippen LogP contribution in [0.5, 0.6) is 0 Å². The zero-order valence-corrected chi connectivity index (χ0v) is 8.60. The first-order chi connectivity index (χ1) is 7.74. The fourth-order valence-corrected chi connectivity index (χ4v) is 2.09. The van der Waals surface area contributed by atoms with Crippen molar-refractivity contribution in [2.75, 3.05) is 0 Å². The van der Waals surface area contributed by atoms with Gasteiger partial charge in [-0.3, -0.25) is 9.79 Å². The SMILES string of the molecule is NC(=O)c1ccc2c(c1)C1=CC=NC(=C2)C1. The first-order valence-corrected chi connectivity index (χ1v) is 5.12. The minimum atomic E-state index is -0.386. The molecule has 3 nitrogen and oxygen atoms in total. The molecule has 0 aromatic heterocycles. The highest BCUT2D eigenvalue weighted by molar-refractivity contribution is 5.98. The lowest BCUT2D eigenvalue weighted by Gasteiger charge is -2.20. The molecule has 0 spiro atoms. The molecule has 3 rings (SSSR count). The van der Waals surface area contributed by atoms with Crippen LogP contribution >= 0.6 is 0 Å². The van der Waals surface area contributed by atoms with E-state index in [1.165, 1.54) is 5.57 Å². The second kappa shape index (κ2) is 3.17. The van der Waals surface area contributed by atoms with Crippen LogP contribution in [-0.4, -0.2) is 12.1 Å². The minimum absolute atomic E-state index is 0.386. The van der Waals surface area contributed by atoms with Crippen LogP contribution in [0, 0.1) is 0 Å². The monoisotopic (exact) mass is 210 g/mol.